The SMILES string of the molecule is CN(Cc1nnc(-c2ccc(C(C)(C)C)cc2)o1)C(=O)COc1ccc(C(C)(C)C)cc1Br. The molecule has 0 unspecified atom stereocenters. The first-order valence-electron chi connectivity index (χ1n) is 10.9. The molecule has 0 radical (unpaired) electrons. The van der Waals surface area contributed by atoms with Crippen molar-refractivity contribution < 1.29 is 13.9 Å². The molecule has 0 atom stereocenters. The van der Waals surface area contributed by atoms with Gasteiger partial charge in [-0.15, -0.1) is 10.2 Å². The third-order valence-electron chi connectivity index (χ3n) is 5.41. The number of hydrogen-bond acceptors (Lipinski definition) is 5. The fraction of sp³-hybridized carbons (Fsp3) is 0.423. The molecule has 3 aromatic rings. The van der Waals surface area contributed by atoms with Crippen LogP contribution in [0.3, 0.4) is 0 Å². The molecule has 0 aliphatic carbocycles. The standard InChI is InChI=1S/C26H32BrN3O3/c1-25(2,3)18-10-8-17(9-11-18)24-29-28-22(33-24)15-30(7)23(31)16-32-21-13-12-19(14-20(21)27)26(4,5)6/h8-14H,15-16H2,1-7H3. The largest absolute Gasteiger partial charge is 0.483 e. The van der Waals surface area contributed by atoms with Gasteiger partial charge in [0.05, 0.1) is 11.0 Å². The first kappa shape index (κ1) is 25.0. The van der Waals surface area contributed by atoms with Gasteiger partial charge in [-0.05, 0) is 62.2 Å². The number of aromatic nitrogens is 2. The van der Waals surface area contributed by atoms with Crippen molar-refractivity contribution in [1.82, 2.24) is 15.1 Å². The van der Waals surface area contributed by atoms with Crippen LogP contribution in [0, 0.1) is 0 Å². The Balaban J connectivity index is 1.58. The fourth-order valence-electron chi connectivity index (χ4n) is 3.17. The number of carbonyl (C=O) groups excluding carboxylic acids is 1. The van der Waals surface area contributed by atoms with Crippen molar-refractivity contribution in [2.24, 2.45) is 0 Å². The van der Waals surface area contributed by atoms with Gasteiger partial charge < -0.3 is 14.1 Å². The molecule has 0 bridgehead atoms. The summed E-state index contributed by atoms with van der Waals surface area (Å²) in [4.78, 5) is 14.1. The van der Waals surface area contributed by atoms with E-state index >= 15 is 0 Å². The van der Waals surface area contributed by atoms with Crippen molar-refractivity contribution in [2.75, 3.05) is 13.7 Å². The lowest BCUT2D eigenvalue weighted by atomic mass is 9.87. The zero-order valence-corrected chi connectivity index (χ0v) is 22.0. The molecule has 0 N–H and O–H groups in total. The normalized spacial score (nSPS) is 12.0. The molecule has 0 spiro atoms. The first-order valence-corrected chi connectivity index (χ1v) is 11.7. The van der Waals surface area contributed by atoms with Gasteiger partial charge in [0, 0.05) is 12.6 Å². The number of likely N-dealkylation sites (N-methyl/N-ethyl adjacent to an activating group) is 1. The van der Waals surface area contributed by atoms with Gasteiger partial charge in [0.1, 0.15) is 5.75 Å². The Bertz CT molecular complexity index is 1110. The predicted molar refractivity (Wildman–Crippen MR) is 133 cm³/mol. The molecule has 0 aliphatic rings. The number of halogens is 1. The van der Waals surface area contributed by atoms with E-state index in [1.54, 1.807) is 7.05 Å². The van der Waals surface area contributed by atoms with Crippen LogP contribution in [-0.2, 0) is 22.2 Å². The average Bonchev–Trinajstić information content (AvgIpc) is 3.19. The number of rotatable bonds is 6. The highest BCUT2D eigenvalue weighted by Crippen LogP contribution is 2.31. The molecular formula is C26H32BrN3O3. The minimum Gasteiger partial charge on any atom is -0.483 e. The number of benzene rings is 2. The predicted octanol–water partition coefficient (Wildman–Crippen LogP) is 6.13. The molecular weight excluding hydrogens is 482 g/mol. The lowest BCUT2D eigenvalue weighted by molar-refractivity contribution is -0.132. The Morgan fingerprint density at radius 2 is 1.58 bits per heavy atom. The Hall–Kier alpha value is -2.67. The van der Waals surface area contributed by atoms with Gasteiger partial charge in [0.15, 0.2) is 6.61 Å². The van der Waals surface area contributed by atoms with E-state index < -0.39 is 0 Å². The monoisotopic (exact) mass is 513 g/mol. The zero-order chi connectivity index (χ0) is 24.4. The molecule has 33 heavy (non-hydrogen) atoms. The molecule has 0 fully saturated rings. The summed E-state index contributed by atoms with van der Waals surface area (Å²) in [6, 6.07) is 14.0. The highest BCUT2D eigenvalue weighted by atomic mass is 79.9. The molecule has 7 heteroatoms. The number of carbonyl (C=O) groups is 1. The van der Waals surface area contributed by atoms with Crippen LogP contribution in [0.4, 0.5) is 0 Å². The summed E-state index contributed by atoms with van der Waals surface area (Å²) in [7, 11) is 1.69. The second-order valence-corrected chi connectivity index (χ2v) is 11.1. The van der Waals surface area contributed by atoms with Crippen LogP contribution in [0.1, 0.15) is 58.6 Å². The summed E-state index contributed by atoms with van der Waals surface area (Å²) < 4.78 is 12.3. The highest BCUT2D eigenvalue weighted by molar-refractivity contribution is 9.10. The molecule has 1 aromatic heterocycles. The van der Waals surface area contributed by atoms with Crippen LogP contribution in [0.15, 0.2) is 51.4 Å². The van der Waals surface area contributed by atoms with Crippen LogP contribution in [0.2, 0.25) is 0 Å². The maximum absolute atomic E-state index is 12.6. The number of ether oxygens (including phenoxy) is 1. The van der Waals surface area contributed by atoms with Gasteiger partial charge in [-0.3, -0.25) is 4.79 Å². The number of amides is 1. The fourth-order valence-corrected chi connectivity index (χ4v) is 3.67. The minimum absolute atomic E-state index is 0.0364. The van der Waals surface area contributed by atoms with E-state index in [9.17, 15) is 4.79 Å². The maximum atomic E-state index is 12.6. The molecule has 1 heterocycles. The Kier molecular flexibility index (Phi) is 7.32. The summed E-state index contributed by atoms with van der Waals surface area (Å²) in [5.74, 6) is 1.25. The minimum atomic E-state index is -0.184. The van der Waals surface area contributed by atoms with E-state index in [4.69, 9.17) is 9.15 Å². The van der Waals surface area contributed by atoms with Crippen molar-refractivity contribution in [3.8, 4) is 17.2 Å². The van der Waals surface area contributed by atoms with Gasteiger partial charge in [0.2, 0.25) is 11.8 Å². The van der Waals surface area contributed by atoms with Crippen LogP contribution in [0.5, 0.6) is 5.75 Å². The third kappa shape index (κ3) is 6.44. The molecule has 6 nitrogen and oxygen atoms in total. The summed E-state index contributed by atoms with van der Waals surface area (Å²) in [6.07, 6.45) is 0. The number of hydrogen-bond donors (Lipinski definition) is 0. The quantitative estimate of drug-likeness (QED) is 0.396. The third-order valence-corrected chi connectivity index (χ3v) is 6.03. The van der Waals surface area contributed by atoms with Crippen LogP contribution < -0.4 is 4.74 Å². The first-order chi connectivity index (χ1) is 15.3. The smallest absolute Gasteiger partial charge is 0.260 e. The molecule has 0 aliphatic heterocycles. The van der Waals surface area contributed by atoms with Crippen molar-refractivity contribution in [1.29, 1.82) is 0 Å². The second kappa shape index (κ2) is 9.67. The maximum Gasteiger partial charge on any atom is 0.260 e. The Morgan fingerprint density at radius 3 is 2.15 bits per heavy atom. The van der Waals surface area contributed by atoms with E-state index in [1.807, 2.05) is 30.3 Å². The van der Waals surface area contributed by atoms with E-state index in [-0.39, 0.29) is 29.9 Å². The molecule has 176 valence electrons. The van der Waals surface area contributed by atoms with Crippen molar-refractivity contribution >= 4 is 21.8 Å². The van der Waals surface area contributed by atoms with Crippen LogP contribution >= 0.6 is 15.9 Å². The van der Waals surface area contributed by atoms with Gasteiger partial charge in [-0.2, -0.15) is 0 Å². The average molecular weight is 514 g/mol. The van der Waals surface area contributed by atoms with Gasteiger partial charge in [-0.1, -0.05) is 59.7 Å². The summed E-state index contributed by atoms with van der Waals surface area (Å²) >= 11 is 3.54. The lowest BCUT2D eigenvalue weighted by Crippen LogP contribution is -2.31. The number of nitrogens with zero attached hydrogens (tertiary/aromatic N) is 3. The second-order valence-electron chi connectivity index (χ2n) is 10.3. The van der Waals surface area contributed by atoms with Gasteiger partial charge >= 0.3 is 0 Å². The summed E-state index contributed by atoms with van der Waals surface area (Å²) in [6.45, 7) is 13.1. The van der Waals surface area contributed by atoms with Crippen molar-refractivity contribution in [3.05, 3.63) is 64.0 Å². The van der Waals surface area contributed by atoms with Crippen LogP contribution in [0.25, 0.3) is 11.5 Å². The molecule has 1 amide bonds. The van der Waals surface area contributed by atoms with E-state index in [0.29, 0.717) is 17.5 Å². The Labute approximate surface area is 204 Å². The molecule has 0 saturated carbocycles. The summed E-state index contributed by atoms with van der Waals surface area (Å²) in [5.41, 5.74) is 3.38. The topological polar surface area (TPSA) is 68.5 Å². The molecule has 2 aromatic carbocycles. The highest BCUT2D eigenvalue weighted by Gasteiger charge is 2.19. The van der Waals surface area contributed by atoms with Gasteiger partial charge in [0.25, 0.3) is 5.91 Å². The van der Waals surface area contributed by atoms with E-state index in [0.717, 1.165) is 10.0 Å². The van der Waals surface area contributed by atoms with E-state index in [2.05, 4.69) is 79.8 Å². The molecule has 0 saturated heterocycles. The van der Waals surface area contributed by atoms with E-state index in [1.165, 1.54) is 16.0 Å². The lowest BCUT2D eigenvalue weighted by Gasteiger charge is -2.20. The van der Waals surface area contributed by atoms with Crippen molar-refractivity contribution in [2.45, 2.75) is 58.9 Å². The zero-order valence-electron chi connectivity index (χ0n) is 20.4. The molecule has 3 rings (SSSR count). The summed E-state index contributed by atoms with van der Waals surface area (Å²) in [5, 5.41) is 8.22. The van der Waals surface area contributed by atoms with Crippen molar-refractivity contribution in [3.63, 3.8) is 0 Å². The van der Waals surface area contributed by atoms with Crippen LogP contribution in [-0.4, -0.2) is 34.7 Å². The Morgan fingerprint density at radius 1 is 0.970 bits per heavy atom. The van der Waals surface area contributed by atoms with Gasteiger partial charge in [-0.25, -0.2) is 0 Å².